The van der Waals surface area contributed by atoms with E-state index in [2.05, 4.69) is 15.6 Å². The Morgan fingerprint density at radius 3 is 2.12 bits per heavy atom. The third-order valence-electron chi connectivity index (χ3n) is 3.78. The lowest BCUT2D eigenvalue weighted by Crippen LogP contribution is -2.34. The van der Waals surface area contributed by atoms with Crippen LogP contribution in [0.2, 0.25) is 10.0 Å². The van der Waals surface area contributed by atoms with Crippen molar-refractivity contribution in [3.8, 4) is 0 Å². The fourth-order valence-electron chi connectivity index (χ4n) is 2.38. The summed E-state index contributed by atoms with van der Waals surface area (Å²) in [6.07, 6.45) is 1.21. The number of rotatable bonds is 5. The predicted molar refractivity (Wildman–Crippen MR) is 109 cm³/mol. The highest BCUT2D eigenvalue weighted by atomic mass is 35.5. The number of carbonyl (C=O) groups excluding carboxylic acids is 1. The van der Waals surface area contributed by atoms with Crippen LogP contribution in [0.5, 0.6) is 0 Å². The molecule has 0 radical (unpaired) electrons. The minimum atomic E-state index is -0.455. The van der Waals surface area contributed by atoms with Crippen molar-refractivity contribution >= 4 is 48.1 Å². The first-order valence-corrected chi connectivity index (χ1v) is 8.78. The molecular weight excluding hydrogens is 368 g/mol. The topological polar surface area (TPSA) is 54.0 Å². The number of aromatic nitrogens is 1. The van der Waals surface area contributed by atoms with Crippen LogP contribution < -0.4 is 16.1 Å². The maximum Gasteiger partial charge on any atom is 0.271 e. The first-order valence-electron chi connectivity index (χ1n) is 8.02. The number of anilines is 1. The van der Waals surface area contributed by atoms with Gasteiger partial charge in [-0.25, -0.2) is 0 Å². The third kappa shape index (κ3) is 4.78. The number of benzene rings is 2. The van der Waals surface area contributed by atoms with Crippen LogP contribution in [0.25, 0.3) is 0 Å². The number of amides is 1. The molecule has 0 aliphatic heterocycles. The maximum atomic E-state index is 12.6. The lowest BCUT2D eigenvalue weighted by molar-refractivity contribution is 0.0936. The Hall–Kier alpha value is -2.50. The highest BCUT2D eigenvalue weighted by Gasteiger charge is 2.16. The monoisotopic (exact) mass is 383 g/mol. The van der Waals surface area contributed by atoms with E-state index in [1.807, 2.05) is 38.2 Å². The molecule has 1 unspecified atom stereocenters. The minimum Gasteiger partial charge on any atom is -0.362 e. The molecule has 0 fully saturated rings. The first-order chi connectivity index (χ1) is 12.5. The van der Waals surface area contributed by atoms with E-state index in [1.54, 1.807) is 36.5 Å². The molecular formula is C19H16BCl2N3O. The molecule has 3 aromatic rings. The number of hydrogen-bond acceptors (Lipinski definition) is 3. The summed E-state index contributed by atoms with van der Waals surface area (Å²) in [5.74, 6) is -0.272. The quantitative estimate of drug-likeness (QED) is 0.525. The average Bonchev–Trinajstić information content (AvgIpc) is 2.64. The van der Waals surface area contributed by atoms with Crippen molar-refractivity contribution in [3.63, 3.8) is 0 Å². The highest BCUT2D eigenvalue weighted by molar-refractivity contribution is 6.32. The molecule has 3 rings (SSSR count). The summed E-state index contributed by atoms with van der Waals surface area (Å²) < 4.78 is 0. The summed E-state index contributed by atoms with van der Waals surface area (Å²) in [6.45, 7) is 0. The van der Waals surface area contributed by atoms with Gasteiger partial charge in [-0.3, -0.25) is 9.78 Å². The Labute approximate surface area is 163 Å². The van der Waals surface area contributed by atoms with Gasteiger partial charge in [0.25, 0.3) is 5.91 Å². The van der Waals surface area contributed by atoms with E-state index in [9.17, 15) is 4.79 Å². The van der Waals surface area contributed by atoms with Crippen LogP contribution >= 0.6 is 23.2 Å². The molecule has 1 aromatic heterocycles. The number of hydrogen-bond donors (Lipinski definition) is 2. The van der Waals surface area contributed by atoms with E-state index in [1.165, 1.54) is 0 Å². The number of nitrogens with one attached hydrogen (secondary N) is 2. The standard InChI is InChI=1S/C19H16BCl2N3O/c20-13-3-10-17(23-11-13)19(26)25-18(12-1-4-14(21)5-2-12)24-16-8-6-15(22)7-9-16/h1-11,18,24H,20H2,(H,25,26). The lowest BCUT2D eigenvalue weighted by Gasteiger charge is -2.22. The Balaban J connectivity index is 1.84. The lowest BCUT2D eigenvalue weighted by atomic mass is 9.99. The smallest absolute Gasteiger partial charge is 0.271 e. The zero-order chi connectivity index (χ0) is 18.5. The van der Waals surface area contributed by atoms with Gasteiger partial charge in [-0.15, -0.1) is 0 Å². The second-order valence-corrected chi connectivity index (χ2v) is 6.70. The molecule has 0 spiro atoms. The van der Waals surface area contributed by atoms with Crippen molar-refractivity contribution < 1.29 is 4.79 Å². The predicted octanol–water partition coefficient (Wildman–Crippen LogP) is 3.19. The summed E-state index contributed by atoms with van der Waals surface area (Å²) in [5.41, 5.74) is 3.04. The van der Waals surface area contributed by atoms with Gasteiger partial charge in [0.05, 0.1) is 0 Å². The molecule has 1 atom stereocenters. The van der Waals surface area contributed by atoms with E-state index in [4.69, 9.17) is 23.2 Å². The Morgan fingerprint density at radius 2 is 1.54 bits per heavy atom. The van der Waals surface area contributed by atoms with E-state index in [-0.39, 0.29) is 5.91 Å². The summed E-state index contributed by atoms with van der Waals surface area (Å²) in [5, 5.41) is 7.53. The van der Waals surface area contributed by atoms with Crippen LogP contribution in [0.3, 0.4) is 0 Å². The molecule has 1 heterocycles. The summed E-state index contributed by atoms with van der Waals surface area (Å²) in [6, 6.07) is 18.1. The Kier molecular flexibility index (Phi) is 5.81. The summed E-state index contributed by atoms with van der Waals surface area (Å²) in [7, 11) is 1.92. The van der Waals surface area contributed by atoms with Crippen LogP contribution in [0.15, 0.2) is 66.9 Å². The zero-order valence-corrected chi connectivity index (χ0v) is 15.6. The van der Waals surface area contributed by atoms with E-state index >= 15 is 0 Å². The molecule has 2 N–H and O–H groups in total. The van der Waals surface area contributed by atoms with E-state index < -0.39 is 6.17 Å². The van der Waals surface area contributed by atoms with Gasteiger partial charge in [-0.05, 0) is 48.0 Å². The van der Waals surface area contributed by atoms with Crippen molar-refractivity contribution in [2.75, 3.05) is 5.32 Å². The second kappa shape index (κ2) is 8.26. The fourth-order valence-corrected chi connectivity index (χ4v) is 2.63. The van der Waals surface area contributed by atoms with Crippen molar-refractivity contribution in [2.24, 2.45) is 0 Å². The normalized spacial score (nSPS) is 11.6. The van der Waals surface area contributed by atoms with Crippen LogP contribution in [0, 0.1) is 0 Å². The average molecular weight is 384 g/mol. The molecule has 2 aromatic carbocycles. The van der Waals surface area contributed by atoms with Crippen LogP contribution in [0.4, 0.5) is 5.69 Å². The van der Waals surface area contributed by atoms with Gasteiger partial charge in [0.1, 0.15) is 19.7 Å². The molecule has 130 valence electrons. The minimum absolute atomic E-state index is 0.272. The molecule has 7 heteroatoms. The van der Waals surface area contributed by atoms with Gasteiger partial charge in [-0.1, -0.05) is 46.9 Å². The van der Waals surface area contributed by atoms with E-state index in [0.717, 1.165) is 16.7 Å². The molecule has 4 nitrogen and oxygen atoms in total. The summed E-state index contributed by atoms with van der Waals surface area (Å²) >= 11 is 11.9. The SMILES string of the molecule is Bc1ccc(C(=O)NC(Nc2ccc(Cl)cc2)c2ccc(Cl)cc2)nc1. The molecule has 0 aliphatic carbocycles. The van der Waals surface area contributed by atoms with Gasteiger partial charge < -0.3 is 10.6 Å². The molecule has 0 saturated heterocycles. The van der Waals surface area contributed by atoms with Crippen LogP contribution in [-0.4, -0.2) is 18.7 Å². The Bertz CT molecular complexity index is 884. The number of nitrogens with zero attached hydrogens (tertiary/aromatic N) is 1. The molecule has 0 aliphatic rings. The molecule has 1 amide bonds. The highest BCUT2D eigenvalue weighted by Crippen LogP contribution is 2.21. The number of carbonyl (C=O) groups is 1. The molecule has 0 bridgehead atoms. The third-order valence-corrected chi connectivity index (χ3v) is 4.28. The Morgan fingerprint density at radius 1 is 0.923 bits per heavy atom. The van der Waals surface area contributed by atoms with Crippen molar-refractivity contribution in [3.05, 3.63) is 88.2 Å². The van der Waals surface area contributed by atoms with Crippen LogP contribution in [-0.2, 0) is 0 Å². The maximum absolute atomic E-state index is 12.6. The van der Waals surface area contributed by atoms with Gasteiger partial charge in [0.2, 0.25) is 0 Å². The van der Waals surface area contributed by atoms with Crippen LogP contribution in [0.1, 0.15) is 22.2 Å². The van der Waals surface area contributed by atoms with Gasteiger partial charge in [-0.2, -0.15) is 0 Å². The van der Waals surface area contributed by atoms with Crippen molar-refractivity contribution in [1.82, 2.24) is 10.3 Å². The zero-order valence-electron chi connectivity index (χ0n) is 14.0. The summed E-state index contributed by atoms with van der Waals surface area (Å²) in [4.78, 5) is 16.8. The molecule has 26 heavy (non-hydrogen) atoms. The molecule has 0 saturated carbocycles. The second-order valence-electron chi connectivity index (χ2n) is 5.83. The number of pyridine rings is 1. The van der Waals surface area contributed by atoms with Crippen molar-refractivity contribution in [1.29, 1.82) is 0 Å². The number of halogens is 2. The van der Waals surface area contributed by atoms with E-state index in [0.29, 0.717) is 15.7 Å². The largest absolute Gasteiger partial charge is 0.362 e. The van der Waals surface area contributed by atoms with Gasteiger partial charge in [0.15, 0.2) is 0 Å². The van der Waals surface area contributed by atoms with Gasteiger partial charge in [0, 0.05) is 21.9 Å². The first kappa shape index (κ1) is 18.3. The van der Waals surface area contributed by atoms with Crippen molar-refractivity contribution in [2.45, 2.75) is 6.17 Å². The fraction of sp³-hybridized carbons (Fsp3) is 0.0526. The van der Waals surface area contributed by atoms with Gasteiger partial charge >= 0.3 is 0 Å².